The van der Waals surface area contributed by atoms with Gasteiger partial charge in [0.25, 0.3) is 5.91 Å². The van der Waals surface area contributed by atoms with Crippen LogP contribution in [-0.4, -0.2) is 27.1 Å². The van der Waals surface area contributed by atoms with E-state index in [1.165, 1.54) is 36.9 Å². The molecule has 0 bridgehead atoms. The van der Waals surface area contributed by atoms with E-state index in [-0.39, 0.29) is 11.4 Å². The number of amides is 1. The van der Waals surface area contributed by atoms with E-state index in [9.17, 15) is 9.59 Å². The maximum Gasteiger partial charge on any atom is 0.328 e. The second-order valence-corrected chi connectivity index (χ2v) is 3.47. The largest absolute Gasteiger partial charge is 0.478 e. The number of nitrogens with one attached hydrogen (secondary N) is 1. The number of carboxylic acids is 1. The van der Waals surface area contributed by atoms with Gasteiger partial charge in [-0.2, -0.15) is 0 Å². The van der Waals surface area contributed by atoms with Gasteiger partial charge in [0.05, 0.1) is 5.56 Å². The molecule has 1 amide bonds. The molecule has 7 heteroatoms. The highest BCUT2D eigenvalue weighted by molar-refractivity contribution is 6.06. The van der Waals surface area contributed by atoms with Crippen molar-refractivity contribution in [1.29, 1.82) is 0 Å². The van der Waals surface area contributed by atoms with Crippen molar-refractivity contribution in [2.45, 2.75) is 0 Å². The molecule has 0 unspecified atom stereocenters. The predicted molar refractivity (Wildman–Crippen MR) is 65.4 cm³/mol. The minimum atomic E-state index is -1.10. The van der Waals surface area contributed by atoms with E-state index in [1.54, 1.807) is 0 Å². The van der Waals surface area contributed by atoms with Crippen molar-refractivity contribution in [1.82, 2.24) is 10.1 Å². The van der Waals surface area contributed by atoms with Gasteiger partial charge in [0.1, 0.15) is 6.26 Å². The number of nitrogens with zero attached hydrogens (tertiary/aromatic N) is 2. The van der Waals surface area contributed by atoms with Crippen molar-refractivity contribution in [3.63, 3.8) is 0 Å². The lowest BCUT2D eigenvalue weighted by atomic mass is 10.1. The zero-order valence-corrected chi connectivity index (χ0v) is 9.61. The molecule has 2 heterocycles. The van der Waals surface area contributed by atoms with Gasteiger partial charge in [0.2, 0.25) is 0 Å². The smallest absolute Gasteiger partial charge is 0.328 e. The fourth-order valence-electron chi connectivity index (χ4n) is 1.37. The van der Waals surface area contributed by atoms with Gasteiger partial charge in [0, 0.05) is 30.1 Å². The van der Waals surface area contributed by atoms with E-state index in [1.807, 2.05) is 0 Å². The number of carbonyl (C=O) groups excluding carboxylic acids is 1. The minimum absolute atomic E-state index is 0.273. The Kier molecular flexibility index (Phi) is 3.67. The van der Waals surface area contributed by atoms with Gasteiger partial charge < -0.3 is 14.9 Å². The van der Waals surface area contributed by atoms with Gasteiger partial charge in [-0.15, -0.1) is 0 Å². The second-order valence-electron chi connectivity index (χ2n) is 3.47. The van der Waals surface area contributed by atoms with Crippen LogP contribution in [0.2, 0.25) is 0 Å². The lowest BCUT2D eigenvalue weighted by molar-refractivity contribution is -0.131. The number of carboxylic acid groups (broad SMARTS) is 1. The van der Waals surface area contributed by atoms with Crippen molar-refractivity contribution >= 4 is 23.8 Å². The van der Waals surface area contributed by atoms with Gasteiger partial charge in [-0.1, -0.05) is 5.16 Å². The van der Waals surface area contributed by atoms with Crippen LogP contribution in [0.15, 0.2) is 41.4 Å². The zero-order chi connectivity index (χ0) is 13.7. The summed E-state index contributed by atoms with van der Waals surface area (Å²) in [5.41, 5.74) is 0.682. The fraction of sp³-hybridized carbons (Fsp3) is 0. The standard InChI is InChI=1S/C12H9N3O4/c16-11(17)2-1-8-7-13-5-3-9(8)12(18)14-10-4-6-19-15-10/h1-7H,(H,16,17)(H,14,15,18). The zero-order valence-electron chi connectivity index (χ0n) is 9.61. The number of hydrogen-bond donors (Lipinski definition) is 2. The molecule has 0 saturated heterocycles. The van der Waals surface area contributed by atoms with E-state index in [0.717, 1.165) is 6.08 Å². The highest BCUT2D eigenvalue weighted by Gasteiger charge is 2.11. The first-order valence-corrected chi connectivity index (χ1v) is 5.23. The molecule has 2 N–H and O–H groups in total. The molecule has 0 atom stereocenters. The van der Waals surface area contributed by atoms with Gasteiger partial charge >= 0.3 is 5.97 Å². The molecule has 0 saturated carbocycles. The van der Waals surface area contributed by atoms with Gasteiger partial charge in [-0.3, -0.25) is 9.78 Å². The van der Waals surface area contributed by atoms with Crippen LogP contribution in [0, 0.1) is 0 Å². The monoisotopic (exact) mass is 259 g/mol. The Morgan fingerprint density at radius 2 is 2.21 bits per heavy atom. The van der Waals surface area contributed by atoms with Crippen LogP contribution >= 0.6 is 0 Å². The summed E-state index contributed by atoms with van der Waals surface area (Å²) in [4.78, 5) is 26.3. The SMILES string of the molecule is O=C(O)C=Cc1cnccc1C(=O)Nc1ccon1. The summed E-state index contributed by atoms with van der Waals surface area (Å²) in [6, 6.07) is 2.97. The molecular formula is C12H9N3O4. The topological polar surface area (TPSA) is 105 Å². The minimum Gasteiger partial charge on any atom is -0.478 e. The van der Waals surface area contributed by atoms with E-state index in [0.29, 0.717) is 5.56 Å². The maximum atomic E-state index is 12.0. The van der Waals surface area contributed by atoms with Crippen LogP contribution in [0.25, 0.3) is 6.08 Å². The van der Waals surface area contributed by atoms with Crippen LogP contribution in [0.4, 0.5) is 5.82 Å². The van der Waals surface area contributed by atoms with Crippen LogP contribution in [-0.2, 0) is 4.79 Å². The first-order chi connectivity index (χ1) is 9.16. The molecule has 2 aromatic rings. The quantitative estimate of drug-likeness (QED) is 0.804. The lowest BCUT2D eigenvalue weighted by Crippen LogP contribution is -2.13. The van der Waals surface area contributed by atoms with Crippen LogP contribution in [0.5, 0.6) is 0 Å². The summed E-state index contributed by atoms with van der Waals surface area (Å²) in [6.45, 7) is 0. The van der Waals surface area contributed by atoms with E-state index < -0.39 is 11.9 Å². The van der Waals surface area contributed by atoms with E-state index in [4.69, 9.17) is 5.11 Å². The number of aromatic nitrogens is 2. The molecule has 0 fully saturated rings. The molecule has 2 aromatic heterocycles. The van der Waals surface area contributed by atoms with Crippen molar-refractivity contribution in [2.75, 3.05) is 5.32 Å². The number of anilines is 1. The first kappa shape index (κ1) is 12.5. The summed E-state index contributed by atoms with van der Waals surface area (Å²) in [6.07, 6.45) is 6.40. The van der Waals surface area contributed by atoms with Crippen molar-refractivity contribution in [3.05, 3.63) is 48.0 Å². The van der Waals surface area contributed by atoms with Gasteiger partial charge in [0.15, 0.2) is 5.82 Å². The van der Waals surface area contributed by atoms with Gasteiger partial charge in [-0.05, 0) is 12.1 Å². The van der Waals surface area contributed by atoms with Crippen molar-refractivity contribution < 1.29 is 19.2 Å². The van der Waals surface area contributed by atoms with E-state index in [2.05, 4.69) is 20.0 Å². The third-order valence-corrected chi connectivity index (χ3v) is 2.18. The average Bonchev–Trinajstić information content (AvgIpc) is 2.89. The average molecular weight is 259 g/mol. The Balaban J connectivity index is 2.24. The van der Waals surface area contributed by atoms with Crippen molar-refractivity contribution in [2.24, 2.45) is 0 Å². The summed E-state index contributed by atoms with van der Waals surface area (Å²) in [5.74, 6) is -1.26. The summed E-state index contributed by atoms with van der Waals surface area (Å²) >= 11 is 0. The normalized spacial score (nSPS) is 10.5. The number of carbonyl (C=O) groups is 2. The van der Waals surface area contributed by atoms with Gasteiger partial charge in [-0.25, -0.2) is 4.79 Å². The molecule has 0 spiro atoms. The summed E-state index contributed by atoms with van der Waals surface area (Å²) in [5, 5.41) is 14.6. The number of rotatable bonds is 4. The molecule has 0 aliphatic carbocycles. The number of hydrogen-bond acceptors (Lipinski definition) is 5. The Hall–Kier alpha value is -2.96. The molecule has 0 aliphatic rings. The first-order valence-electron chi connectivity index (χ1n) is 5.23. The molecular weight excluding hydrogens is 250 g/mol. The highest BCUT2D eigenvalue weighted by atomic mass is 16.5. The number of aliphatic carboxylic acids is 1. The Morgan fingerprint density at radius 3 is 2.89 bits per heavy atom. The molecule has 7 nitrogen and oxygen atoms in total. The molecule has 96 valence electrons. The molecule has 0 aromatic carbocycles. The highest BCUT2D eigenvalue weighted by Crippen LogP contribution is 2.12. The Bertz CT molecular complexity index is 620. The molecule has 0 aliphatic heterocycles. The van der Waals surface area contributed by atoms with Crippen molar-refractivity contribution in [3.8, 4) is 0 Å². The fourth-order valence-corrected chi connectivity index (χ4v) is 1.37. The molecule has 19 heavy (non-hydrogen) atoms. The second kappa shape index (κ2) is 5.58. The lowest BCUT2D eigenvalue weighted by Gasteiger charge is -2.04. The summed E-state index contributed by atoms with van der Waals surface area (Å²) in [7, 11) is 0. The van der Waals surface area contributed by atoms with Crippen LogP contribution in [0.3, 0.4) is 0 Å². The van der Waals surface area contributed by atoms with E-state index >= 15 is 0 Å². The van der Waals surface area contributed by atoms with Crippen LogP contribution < -0.4 is 5.32 Å². The third kappa shape index (κ3) is 3.25. The maximum absolute atomic E-state index is 12.0. The number of pyridine rings is 1. The third-order valence-electron chi connectivity index (χ3n) is 2.18. The summed E-state index contributed by atoms with van der Waals surface area (Å²) < 4.78 is 4.59. The Labute approximate surface area is 107 Å². The predicted octanol–water partition coefficient (Wildman–Crippen LogP) is 1.42. The molecule has 2 rings (SSSR count). The Morgan fingerprint density at radius 1 is 1.37 bits per heavy atom. The van der Waals surface area contributed by atoms with Crippen LogP contribution in [0.1, 0.15) is 15.9 Å². The molecule has 0 radical (unpaired) electrons.